The van der Waals surface area contributed by atoms with E-state index in [-0.39, 0.29) is 11.9 Å². The Balaban J connectivity index is 1.74. The van der Waals surface area contributed by atoms with Gasteiger partial charge in [-0.25, -0.2) is 0 Å². The van der Waals surface area contributed by atoms with Crippen molar-refractivity contribution < 1.29 is 15.0 Å². The first-order valence-corrected chi connectivity index (χ1v) is 8.79. The largest absolute Gasteiger partial charge is 0.390 e. The predicted octanol–water partition coefficient (Wildman–Crippen LogP) is 0.837. The van der Waals surface area contributed by atoms with Gasteiger partial charge in [0.25, 0.3) is 5.91 Å². The molecule has 0 radical (unpaired) electrons. The highest BCUT2D eigenvalue weighted by molar-refractivity contribution is 6.07. The van der Waals surface area contributed by atoms with E-state index in [2.05, 4.69) is 10.2 Å². The molecule has 6 nitrogen and oxygen atoms in total. The maximum Gasteiger partial charge on any atom is 0.252 e. The van der Waals surface area contributed by atoms with E-state index >= 15 is 0 Å². The Bertz CT molecular complexity index is 813. The fourth-order valence-corrected chi connectivity index (χ4v) is 3.95. The van der Waals surface area contributed by atoms with Gasteiger partial charge in [0, 0.05) is 42.2 Å². The van der Waals surface area contributed by atoms with Crippen LogP contribution in [0.4, 0.5) is 0 Å². The molecule has 1 saturated carbocycles. The fraction of sp³-hybridized carbons (Fsp3) is 0.474. The van der Waals surface area contributed by atoms with Gasteiger partial charge in [0.1, 0.15) is 0 Å². The molecule has 3 N–H and O–H groups in total. The Morgan fingerprint density at radius 3 is 2.72 bits per heavy atom. The second-order valence-corrected chi connectivity index (χ2v) is 7.19. The van der Waals surface area contributed by atoms with Crippen molar-refractivity contribution in [2.45, 2.75) is 44.1 Å². The number of aromatic nitrogens is 1. The van der Waals surface area contributed by atoms with E-state index in [0.717, 1.165) is 35.1 Å². The Kier molecular flexibility index (Phi) is 4.19. The molecule has 4 rings (SSSR count). The number of aliphatic hydroxyl groups is 2. The van der Waals surface area contributed by atoms with Crippen LogP contribution in [0.2, 0.25) is 0 Å². The van der Waals surface area contributed by atoms with Crippen LogP contribution in [0.25, 0.3) is 10.9 Å². The molecule has 1 aromatic carbocycles. The lowest BCUT2D eigenvalue weighted by molar-refractivity contribution is 0.0438. The summed E-state index contributed by atoms with van der Waals surface area (Å²) in [6.07, 6.45) is 0.0764. The summed E-state index contributed by atoms with van der Waals surface area (Å²) in [7, 11) is 2.05. The highest BCUT2D eigenvalue weighted by Gasteiger charge is 2.33. The number of rotatable bonds is 2. The number of para-hydroxylation sites is 1. The minimum atomic E-state index is -0.764. The number of amides is 1. The molecular formula is C19H23N3O3. The second kappa shape index (κ2) is 6.37. The molecule has 0 bridgehead atoms. The van der Waals surface area contributed by atoms with Gasteiger partial charge < -0.3 is 20.4 Å². The highest BCUT2D eigenvalue weighted by Crippen LogP contribution is 2.28. The summed E-state index contributed by atoms with van der Waals surface area (Å²) in [6.45, 7) is 1.63. The second-order valence-electron chi connectivity index (χ2n) is 7.19. The zero-order valence-electron chi connectivity index (χ0n) is 14.3. The van der Waals surface area contributed by atoms with E-state index in [1.54, 1.807) is 0 Å². The van der Waals surface area contributed by atoms with Gasteiger partial charge in [-0.3, -0.25) is 9.78 Å². The summed E-state index contributed by atoms with van der Waals surface area (Å²) in [5, 5.41) is 23.3. The highest BCUT2D eigenvalue weighted by atomic mass is 16.3. The Morgan fingerprint density at radius 1 is 1.24 bits per heavy atom. The molecule has 2 aromatic rings. The molecule has 1 aromatic heterocycles. The topological polar surface area (TPSA) is 85.7 Å². The van der Waals surface area contributed by atoms with Crippen molar-refractivity contribution in [3.8, 4) is 0 Å². The lowest BCUT2D eigenvalue weighted by Crippen LogP contribution is -2.36. The summed E-state index contributed by atoms with van der Waals surface area (Å²) in [4.78, 5) is 20.0. The van der Waals surface area contributed by atoms with Gasteiger partial charge in [-0.2, -0.15) is 0 Å². The zero-order chi connectivity index (χ0) is 17.6. The molecule has 2 heterocycles. The van der Waals surface area contributed by atoms with E-state index in [1.807, 2.05) is 31.3 Å². The predicted molar refractivity (Wildman–Crippen MR) is 94.3 cm³/mol. The minimum absolute atomic E-state index is 0.142. The zero-order valence-corrected chi connectivity index (χ0v) is 14.3. The number of fused-ring (bicyclic) bond motifs is 2. The van der Waals surface area contributed by atoms with Gasteiger partial charge in [0.05, 0.1) is 23.3 Å². The Labute approximate surface area is 146 Å². The smallest absolute Gasteiger partial charge is 0.252 e. The number of pyridine rings is 1. The first-order valence-electron chi connectivity index (χ1n) is 8.79. The van der Waals surface area contributed by atoms with Crippen LogP contribution in [0.1, 0.15) is 34.5 Å². The van der Waals surface area contributed by atoms with Gasteiger partial charge in [0.15, 0.2) is 0 Å². The summed E-state index contributed by atoms with van der Waals surface area (Å²) >= 11 is 0. The third-order valence-corrected chi connectivity index (χ3v) is 5.30. The molecule has 1 fully saturated rings. The van der Waals surface area contributed by atoms with Gasteiger partial charge in [-0.05, 0) is 26.0 Å². The maximum atomic E-state index is 13.1. The van der Waals surface area contributed by atoms with Crippen LogP contribution < -0.4 is 5.32 Å². The first kappa shape index (κ1) is 16.4. The summed E-state index contributed by atoms with van der Waals surface area (Å²) in [5.74, 6) is -0.142. The van der Waals surface area contributed by atoms with Crippen LogP contribution >= 0.6 is 0 Å². The first-order chi connectivity index (χ1) is 12.0. The third-order valence-electron chi connectivity index (χ3n) is 5.30. The van der Waals surface area contributed by atoms with Gasteiger partial charge >= 0.3 is 0 Å². The van der Waals surface area contributed by atoms with Crippen molar-refractivity contribution in [3.05, 3.63) is 41.1 Å². The summed E-state index contributed by atoms with van der Waals surface area (Å²) < 4.78 is 0. The quantitative estimate of drug-likeness (QED) is 0.754. The van der Waals surface area contributed by atoms with Crippen LogP contribution in [0.15, 0.2) is 24.3 Å². The number of hydrogen-bond acceptors (Lipinski definition) is 5. The number of hydrogen-bond donors (Lipinski definition) is 3. The van der Waals surface area contributed by atoms with Gasteiger partial charge in [-0.1, -0.05) is 18.2 Å². The van der Waals surface area contributed by atoms with Crippen molar-refractivity contribution in [1.29, 1.82) is 0 Å². The third kappa shape index (κ3) is 3.01. The van der Waals surface area contributed by atoms with E-state index in [1.165, 1.54) is 0 Å². The SMILES string of the molecule is CN1CCc2nc3ccccc3c(C(=O)NC3C[C@@H](O)[C@@H](O)C3)c2C1. The molecule has 1 aliphatic carbocycles. The lowest BCUT2D eigenvalue weighted by atomic mass is 9.95. The van der Waals surface area contributed by atoms with Gasteiger partial charge in [-0.15, -0.1) is 0 Å². The number of carbonyl (C=O) groups is 1. The number of nitrogens with one attached hydrogen (secondary N) is 1. The number of aliphatic hydroxyl groups excluding tert-OH is 2. The van der Waals surface area contributed by atoms with E-state index in [0.29, 0.717) is 24.9 Å². The van der Waals surface area contributed by atoms with Crippen molar-refractivity contribution in [2.75, 3.05) is 13.6 Å². The van der Waals surface area contributed by atoms with E-state index < -0.39 is 12.2 Å². The van der Waals surface area contributed by atoms with Crippen molar-refractivity contribution in [1.82, 2.24) is 15.2 Å². The van der Waals surface area contributed by atoms with E-state index in [9.17, 15) is 15.0 Å². The van der Waals surface area contributed by atoms with Crippen LogP contribution in [-0.4, -0.2) is 57.8 Å². The number of carbonyl (C=O) groups excluding carboxylic acids is 1. The van der Waals surface area contributed by atoms with Crippen molar-refractivity contribution in [2.24, 2.45) is 0 Å². The Hall–Kier alpha value is -2.02. The molecule has 0 spiro atoms. The maximum absolute atomic E-state index is 13.1. The average Bonchev–Trinajstić information content (AvgIpc) is 2.90. The molecule has 2 aliphatic rings. The number of benzene rings is 1. The van der Waals surface area contributed by atoms with Gasteiger partial charge in [0.2, 0.25) is 0 Å². The fourth-order valence-electron chi connectivity index (χ4n) is 3.95. The molecule has 6 heteroatoms. The Morgan fingerprint density at radius 2 is 1.96 bits per heavy atom. The van der Waals surface area contributed by atoms with E-state index in [4.69, 9.17) is 4.98 Å². The van der Waals surface area contributed by atoms with Crippen LogP contribution in [0.5, 0.6) is 0 Å². The summed E-state index contributed by atoms with van der Waals surface area (Å²) in [6, 6.07) is 7.52. The summed E-state index contributed by atoms with van der Waals surface area (Å²) in [5.41, 5.74) is 3.50. The normalized spacial score (nSPS) is 26.6. The minimum Gasteiger partial charge on any atom is -0.390 e. The van der Waals surface area contributed by atoms with Crippen molar-refractivity contribution >= 4 is 16.8 Å². The van der Waals surface area contributed by atoms with Crippen LogP contribution in [0, 0.1) is 0 Å². The molecule has 1 unspecified atom stereocenters. The molecular weight excluding hydrogens is 318 g/mol. The lowest BCUT2D eigenvalue weighted by Gasteiger charge is -2.27. The van der Waals surface area contributed by atoms with Crippen LogP contribution in [-0.2, 0) is 13.0 Å². The number of likely N-dealkylation sites (N-methyl/N-ethyl adjacent to an activating group) is 1. The molecule has 3 atom stereocenters. The molecule has 0 saturated heterocycles. The monoisotopic (exact) mass is 341 g/mol. The molecule has 132 valence electrons. The molecule has 1 amide bonds. The molecule has 1 aliphatic heterocycles. The number of nitrogens with zero attached hydrogens (tertiary/aromatic N) is 2. The standard InChI is InChI=1S/C19H23N3O3/c1-22-7-6-15-13(10-22)18(12-4-2-3-5-14(12)21-15)19(25)20-11-8-16(23)17(24)9-11/h2-5,11,16-17,23-24H,6-10H2,1H3,(H,20,25)/t11?,16-,17+. The molecule has 25 heavy (non-hydrogen) atoms. The average molecular weight is 341 g/mol. The van der Waals surface area contributed by atoms with Crippen molar-refractivity contribution in [3.63, 3.8) is 0 Å². The van der Waals surface area contributed by atoms with Crippen LogP contribution in [0.3, 0.4) is 0 Å².